The van der Waals surface area contributed by atoms with Gasteiger partial charge < -0.3 is 9.47 Å². The van der Waals surface area contributed by atoms with Crippen LogP contribution in [0, 0.1) is 6.92 Å². The summed E-state index contributed by atoms with van der Waals surface area (Å²) in [6, 6.07) is 3.35. The first-order valence-corrected chi connectivity index (χ1v) is 8.43. The summed E-state index contributed by atoms with van der Waals surface area (Å²) in [4.78, 5) is 12.0. The van der Waals surface area contributed by atoms with E-state index in [0.29, 0.717) is 11.9 Å². The Bertz CT molecular complexity index is 666. The Kier molecular flexibility index (Phi) is 3.38. The molecule has 0 aliphatic carbocycles. The highest BCUT2D eigenvalue weighted by atomic mass is 35.5. The first kappa shape index (κ1) is 13.5. The number of imidazole rings is 1. The van der Waals surface area contributed by atoms with E-state index >= 15 is 0 Å². The summed E-state index contributed by atoms with van der Waals surface area (Å²) in [5.74, 6) is 1.43. The van der Waals surface area contributed by atoms with Crippen molar-refractivity contribution < 1.29 is 0 Å². The van der Waals surface area contributed by atoms with E-state index in [1.807, 2.05) is 6.20 Å². The molecule has 5 heteroatoms. The van der Waals surface area contributed by atoms with Crippen LogP contribution in [0.2, 0.25) is 0 Å². The van der Waals surface area contributed by atoms with E-state index in [1.165, 1.54) is 38.8 Å². The number of alkyl halides is 1. The van der Waals surface area contributed by atoms with Crippen LogP contribution >= 0.6 is 11.6 Å². The van der Waals surface area contributed by atoms with Gasteiger partial charge in [-0.05, 0) is 50.8 Å². The first-order chi connectivity index (χ1) is 10.3. The van der Waals surface area contributed by atoms with E-state index in [4.69, 9.17) is 16.6 Å². The quantitative estimate of drug-likeness (QED) is 0.799. The minimum absolute atomic E-state index is 0.459. The second-order valence-electron chi connectivity index (χ2n) is 6.40. The summed E-state index contributed by atoms with van der Waals surface area (Å²) in [6.07, 6.45) is 7.02. The molecule has 2 saturated heterocycles. The maximum Gasteiger partial charge on any atom is 0.160 e. The van der Waals surface area contributed by atoms with Crippen LogP contribution < -0.4 is 0 Å². The fourth-order valence-electron chi connectivity index (χ4n) is 4.05. The molecule has 0 N–H and O–H groups in total. The van der Waals surface area contributed by atoms with Crippen molar-refractivity contribution in [1.82, 2.24) is 19.4 Å². The maximum absolute atomic E-state index is 6.15. The molecule has 0 amide bonds. The summed E-state index contributed by atoms with van der Waals surface area (Å²) in [5.41, 5.74) is 3.14. The molecule has 0 radical (unpaired) electrons. The van der Waals surface area contributed by atoms with Crippen molar-refractivity contribution in [1.29, 1.82) is 0 Å². The number of halogens is 1. The number of nitrogens with zero attached hydrogens (tertiary/aromatic N) is 4. The summed E-state index contributed by atoms with van der Waals surface area (Å²) in [7, 11) is 0. The van der Waals surface area contributed by atoms with Gasteiger partial charge in [0.05, 0.1) is 5.88 Å². The predicted molar refractivity (Wildman–Crippen MR) is 84.7 cm³/mol. The highest BCUT2D eigenvalue weighted by Crippen LogP contribution is 2.35. The molecule has 2 aromatic heterocycles. The van der Waals surface area contributed by atoms with E-state index in [0.717, 1.165) is 28.6 Å². The number of fused-ring (bicyclic) bond motifs is 2. The van der Waals surface area contributed by atoms with Gasteiger partial charge in [0.2, 0.25) is 0 Å². The van der Waals surface area contributed by atoms with Crippen LogP contribution in [-0.2, 0) is 5.88 Å². The lowest BCUT2D eigenvalue weighted by Crippen LogP contribution is -2.39. The molecule has 4 nitrogen and oxygen atoms in total. The normalized spacial score (nSPS) is 26.4. The van der Waals surface area contributed by atoms with Gasteiger partial charge >= 0.3 is 0 Å². The molecule has 2 fully saturated rings. The van der Waals surface area contributed by atoms with Crippen molar-refractivity contribution in [3.05, 3.63) is 23.7 Å². The Morgan fingerprint density at radius 2 is 2.19 bits per heavy atom. The minimum Gasteiger partial charge on any atom is -0.308 e. The van der Waals surface area contributed by atoms with Gasteiger partial charge in [-0.15, -0.1) is 11.6 Å². The molecule has 2 aromatic rings. The predicted octanol–water partition coefficient (Wildman–Crippen LogP) is 3.28. The second kappa shape index (κ2) is 5.25. The number of hydrogen-bond donors (Lipinski definition) is 0. The Labute approximate surface area is 130 Å². The molecule has 2 aliphatic rings. The van der Waals surface area contributed by atoms with Gasteiger partial charge in [-0.25, -0.2) is 9.97 Å². The van der Waals surface area contributed by atoms with Gasteiger partial charge in [0.15, 0.2) is 5.65 Å². The lowest BCUT2D eigenvalue weighted by Gasteiger charge is -2.36. The summed E-state index contributed by atoms with van der Waals surface area (Å²) >= 11 is 6.15. The van der Waals surface area contributed by atoms with Gasteiger partial charge in [-0.2, -0.15) is 0 Å². The third kappa shape index (κ3) is 2.25. The number of rotatable bonds is 2. The van der Waals surface area contributed by atoms with Gasteiger partial charge in [0.1, 0.15) is 11.3 Å². The molecule has 4 heterocycles. The number of aryl methyl sites for hydroxylation is 1. The summed E-state index contributed by atoms with van der Waals surface area (Å²) in [6.45, 7) is 4.54. The van der Waals surface area contributed by atoms with Crippen LogP contribution in [0.3, 0.4) is 0 Å². The van der Waals surface area contributed by atoms with Gasteiger partial charge in [-0.1, -0.05) is 0 Å². The Balaban J connectivity index is 1.74. The monoisotopic (exact) mass is 304 g/mol. The SMILES string of the molecule is Cc1cnc2c(c1)nc(CCl)n2C1CCN2CCCC2C1. The van der Waals surface area contributed by atoms with Crippen molar-refractivity contribution in [3.8, 4) is 0 Å². The molecule has 2 unspecified atom stereocenters. The van der Waals surface area contributed by atoms with E-state index in [-0.39, 0.29) is 0 Å². The third-order valence-electron chi connectivity index (χ3n) is 5.02. The zero-order valence-corrected chi connectivity index (χ0v) is 13.2. The van der Waals surface area contributed by atoms with E-state index < -0.39 is 0 Å². The van der Waals surface area contributed by atoms with Crippen molar-refractivity contribution >= 4 is 22.8 Å². The maximum atomic E-state index is 6.15. The molecule has 4 rings (SSSR count). The largest absolute Gasteiger partial charge is 0.308 e. The molecule has 112 valence electrons. The van der Waals surface area contributed by atoms with Crippen LogP contribution in [0.1, 0.15) is 43.1 Å². The zero-order chi connectivity index (χ0) is 14.4. The number of aromatic nitrogens is 3. The fourth-order valence-corrected chi connectivity index (χ4v) is 4.23. The molecular weight excluding hydrogens is 284 g/mol. The van der Waals surface area contributed by atoms with E-state index in [2.05, 4.69) is 27.4 Å². The molecular formula is C16H21ClN4. The molecule has 0 bridgehead atoms. The second-order valence-corrected chi connectivity index (χ2v) is 6.66. The fraction of sp³-hybridized carbons (Fsp3) is 0.625. The third-order valence-corrected chi connectivity index (χ3v) is 5.26. The van der Waals surface area contributed by atoms with Crippen LogP contribution in [0.4, 0.5) is 0 Å². The molecule has 21 heavy (non-hydrogen) atoms. The molecule has 0 saturated carbocycles. The average molecular weight is 305 g/mol. The van der Waals surface area contributed by atoms with Crippen molar-refractivity contribution in [2.75, 3.05) is 13.1 Å². The lowest BCUT2D eigenvalue weighted by molar-refractivity contribution is 0.156. The van der Waals surface area contributed by atoms with E-state index in [9.17, 15) is 0 Å². The first-order valence-electron chi connectivity index (χ1n) is 7.89. The van der Waals surface area contributed by atoms with Crippen LogP contribution in [-0.4, -0.2) is 38.6 Å². The standard InChI is InChI=1S/C16H21ClN4/c1-11-7-14-16(18-10-11)21(15(9-17)19-14)13-4-6-20-5-2-3-12(20)8-13/h7,10,12-13H,2-6,8-9H2,1H3. The number of pyridine rings is 1. The van der Waals surface area contributed by atoms with Crippen LogP contribution in [0.5, 0.6) is 0 Å². The lowest BCUT2D eigenvalue weighted by atomic mass is 9.97. The van der Waals surface area contributed by atoms with Crippen LogP contribution in [0.15, 0.2) is 12.3 Å². The summed E-state index contributed by atoms with van der Waals surface area (Å²) in [5, 5.41) is 0. The van der Waals surface area contributed by atoms with Crippen molar-refractivity contribution in [2.24, 2.45) is 0 Å². The molecule has 0 aromatic carbocycles. The summed E-state index contributed by atoms with van der Waals surface area (Å²) < 4.78 is 2.32. The van der Waals surface area contributed by atoms with Gasteiger partial charge in [-0.3, -0.25) is 0 Å². The van der Waals surface area contributed by atoms with Gasteiger partial charge in [0.25, 0.3) is 0 Å². The molecule has 0 spiro atoms. The zero-order valence-electron chi connectivity index (χ0n) is 12.4. The van der Waals surface area contributed by atoms with Crippen molar-refractivity contribution in [3.63, 3.8) is 0 Å². The number of hydrogen-bond acceptors (Lipinski definition) is 3. The number of piperidine rings is 1. The highest BCUT2D eigenvalue weighted by Gasteiger charge is 2.33. The molecule has 2 aliphatic heterocycles. The van der Waals surface area contributed by atoms with Crippen molar-refractivity contribution in [2.45, 2.75) is 50.6 Å². The smallest absolute Gasteiger partial charge is 0.160 e. The van der Waals surface area contributed by atoms with E-state index in [1.54, 1.807) is 0 Å². The minimum atomic E-state index is 0.459. The average Bonchev–Trinajstić information content (AvgIpc) is 3.09. The Hall–Kier alpha value is -1.13. The Morgan fingerprint density at radius 3 is 3.05 bits per heavy atom. The van der Waals surface area contributed by atoms with Gasteiger partial charge in [0, 0.05) is 24.8 Å². The highest BCUT2D eigenvalue weighted by molar-refractivity contribution is 6.16. The van der Waals surface area contributed by atoms with Crippen LogP contribution in [0.25, 0.3) is 11.2 Å². The Morgan fingerprint density at radius 1 is 1.29 bits per heavy atom. The molecule has 2 atom stereocenters. The topological polar surface area (TPSA) is 34.0 Å².